The van der Waals surface area contributed by atoms with Gasteiger partial charge in [0.2, 0.25) is 0 Å². The van der Waals surface area contributed by atoms with E-state index >= 15 is 0 Å². The normalized spacial score (nSPS) is 11.2. The van der Waals surface area contributed by atoms with Crippen molar-refractivity contribution in [3.63, 3.8) is 0 Å². The maximum Gasteiger partial charge on any atom is 0.0679 e. The van der Waals surface area contributed by atoms with Crippen LogP contribution in [0.25, 0.3) is 16.8 Å². The van der Waals surface area contributed by atoms with Gasteiger partial charge >= 0.3 is 0 Å². The van der Waals surface area contributed by atoms with Crippen molar-refractivity contribution in [2.75, 3.05) is 0 Å². The Labute approximate surface area is 146 Å². The summed E-state index contributed by atoms with van der Waals surface area (Å²) in [5.74, 6) is 0.483. The zero-order valence-electron chi connectivity index (χ0n) is 14.0. The molecule has 23 heavy (non-hydrogen) atoms. The molecule has 3 aromatic rings. The molecule has 0 aliphatic heterocycles. The Bertz CT molecular complexity index is 832. The molecule has 0 aliphatic rings. The molecule has 0 N–H and O–H groups in total. The van der Waals surface area contributed by atoms with E-state index in [1.54, 1.807) is 0 Å². The van der Waals surface area contributed by atoms with Crippen molar-refractivity contribution in [3.8, 4) is 16.8 Å². The molecule has 1 heterocycles. The zero-order chi connectivity index (χ0) is 16.6. The first-order chi connectivity index (χ1) is 11.0. The summed E-state index contributed by atoms with van der Waals surface area (Å²) < 4.78 is 3.14. The Hall–Kier alpha value is -1.87. The molecule has 3 rings (SSSR count). The van der Waals surface area contributed by atoms with Crippen molar-refractivity contribution in [1.82, 2.24) is 9.78 Å². The van der Waals surface area contributed by atoms with Crippen LogP contribution >= 0.6 is 15.9 Å². The van der Waals surface area contributed by atoms with E-state index in [-0.39, 0.29) is 0 Å². The van der Waals surface area contributed by atoms with E-state index in [1.165, 1.54) is 22.4 Å². The van der Waals surface area contributed by atoms with Gasteiger partial charge in [0.05, 0.1) is 11.4 Å². The minimum Gasteiger partial charge on any atom is -0.237 e. The summed E-state index contributed by atoms with van der Waals surface area (Å²) in [5, 5.41) is 4.79. The summed E-state index contributed by atoms with van der Waals surface area (Å²) in [4.78, 5) is 0. The van der Waals surface area contributed by atoms with E-state index in [4.69, 9.17) is 5.10 Å². The highest BCUT2D eigenvalue weighted by atomic mass is 79.9. The molecule has 0 amide bonds. The monoisotopic (exact) mass is 368 g/mol. The summed E-state index contributed by atoms with van der Waals surface area (Å²) in [6.07, 6.45) is 0. The molecule has 0 saturated heterocycles. The summed E-state index contributed by atoms with van der Waals surface area (Å²) in [5.41, 5.74) is 7.07. The number of benzene rings is 2. The predicted molar refractivity (Wildman–Crippen MR) is 100 cm³/mol. The van der Waals surface area contributed by atoms with Crippen LogP contribution < -0.4 is 0 Å². The van der Waals surface area contributed by atoms with Gasteiger partial charge in [-0.05, 0) is 49.1 Å². The highest BCUT2D eigenvalue weighted by Gasteiger charge is 2.15. The Morgan fingerprint density at radius 2 is 1.70 bits per heavy atom. The van der Waals surface area contributed by atoms with Crippen LogP contribution in [0.4, 0.5) is 0 Å². The van der Waals surface area contributed by atoms with Gasteiger partial charge in [0, 0.05) is 15.7 Å². The van der Waals surface area contributed by atoms with E-state index in [9.17, 15) is 0 Å². The van der Waals surface area contributed by atoms with Crippen LogP contribution in [0.2, 0.25) is 0 Å². The Kier molecular flexibility index (Phi) is 4.40. The van der Waals surface area contributed by atoms with E-state index in [0.29, 0.717) is 5.92 Å². The van der Waals surface area contributed by atoms with Gasteiger partial charge in [-0.25, -0.2) is 4.68 Å². The average molecular weight is 369 g/mol. The van der Waals surface area contributed by atoms with Crippen molar-refractivity contribution >= 4 is 15.9 Å². The second-order valence-corrected chi connectivity index (χ2v) is 7.14. The topological polar surface area (TPSA) is 17.8 Å². The third kappa shape index (κ3) is 3.11. The molecule has 0 spiro atoms. The maximum absolute atomic E-state index is 4.79. The zero-order valence-corrected chi connectivity index (χ0v) is 15.6. The minimum absolute atomic E-state index is 0.483. The van der Waals surface area contributed by atoms with Gasteiger partial charge in [0.1, 0.15) is 0 Å². The third-order valence-corrected chi connectivity index (χ3v) is 4.63. The molecule has 1 aromatic heterocycles. The van der Waals surface area contributed by atoms with Crippen LogP contribution in [-0.4, -0.2) is 9.78 Å². The average Bonchev–Trinajstić information content (AvgIpc) is 2.82. The van der Waals surface area contributed by atoms with E-state index in [0.717, 1.165) is 15.9 Å². The fraction of sp³-hybridized carbons (Fsp3) is 0.250. The van der Waals surface area contributed by atoms with Crippen LogP contribution in [0, 0.1) is 13.8 Å². The molecular weight excluding hydrogens is 348 g/mol. The molecule has 0 unspecified atom stereocenters. The van der Waals surface area contributed by atoms with Gasteiger partial charge in [-0.3, -0.25) is 0 Å². The first-order valence-electron chi connectivity index (χ1n) is 7.90. The maximum atomic E-state index is 4.79. The number of aryl methyl sites for hydroxylation is 1. The molecular formula is C20H21BrN2. The van der Waals surface area contributed by atoms with Crippen molar-refractivity contribution in [2.24, 2.45) is 0 Å². The summed E-state index contributed by atoms with van der Waals surface area (Å²) >= 11 is 3.63. The van der Waals surface area contributed by atoms with Crippen molar-refractivity contribution in [1.29, 1.82) is 0 Å². The number of hydrogen-bond acceptors (Lipinski definition) is 1. The lowest BCUT2D eigenvalue weighted by atomic mass is 10.0. The molecule has 2 nitrogen and oxygen atoms in total. The third-order valence-electron chi connectivity index (χ3n) is 4.17. The van der Waals surface area contributed by atoms with Crippen LogP contribution in [0.1, 0.15) is 36.7 Å². The largest absolute Gasteiger partial charge is 0.237 e. The SMILES string of the molecule is Cc1nn(-c2cc(Br)cc(C(C)C)c2)c(C)c1-c1ccccc1. The second-order valence-electron chi connectivity index (χ2n) is 6.22. The molecule has 0 bridgehead atoms. The fourth-order valence-electron chi connectivity index (χ4n) is 2.97. The van der Waals surface area contributed by atoms with Crippen LogP contribution in [0.5, 0.6) is 0 Å². The van der Waals surface area contributed by atoms with Crippen LogP contribution in [-0.2, 0) is 0 Å². The lowest BCUT2D eigenvalue weighted by molar-refractivity contribution is 0.818. The highest BCUT2D eigenvalue weighted by molar-refractivity contribution is 9.10. The predicted octanol–water partition coefficient (Wildman–Crippen LogP) is 6.04. The van der Waals surface area contributed by atoms with Gasteiger partial charge in [0.25, 0.3) is 0 Å². The smallest absolute Gasteiger partial charge is 0.0679 e. The lowest BCUT2D eigenvalue weighted by Gasteiger charge is -2.11. The quantitative estimate of drug-likeness (QED) is 0.550. The fourth-order valence-corrected chi connectivity index (χ4v) is 3.47. The van der Waals surface area contributed by atoms with Crippen LogP contribution in [0.3, 0.4) is 0 Å². The number of rotatable bonds is 3. The molecule has 2 aromatic carbocycles. The van der Waals surface area contributed by atoms with E-state index in [1.807, 2.05) is 10.7 Å². The van der Waals surface area contributed by atoms with E-state index in [2.05, 4.69) is 86.1 Å². The molecule has 0 aliphatic carbocycles. The van der Waals surface area contributed by atoms with Gasteiger partial charge < -0.3 is 0 Å². The standard InChI is InChI=1S/C20H21BrN2/c1-13(2)17-10-18(21)12-19(11-17)23-15(4)20(14(3)22-23)16-8-6-5-7-9-16/h5-13H,1-4H3. The summed E-state index contributed by atoms with van der Waals surface area (Å²) in [6, 6.07) is 17.0. The van der Waals surface area contributed by atoms with Gasteiger partial charge in [-0.15, -0.1) is 0 Å². The summed E-state index contributed by atoms with van der Waals surface area (Å²) in [6.45, 7) is 8.63. The molecule has 0 radical (unpaired) electrons. The Morgan fingerprint density at radius 1 is 1.00 bits per heavy atom. The molecule has 118 valence electrons. The second kappa shape index (κ2) is 6.32. The first-order valence-corrected chi connectivity index (χ1v) is 8.69. The molecule has 0 fully saturated rings. The molecule has 0 atom stereocenters. The van der Waals surface area contributed by atoms with E-state index < -0.39 is 0 Å². The van der Waals surface area contributed by atoms with Crippen LogP contribution in [0.15, 0.2) is 53.0 Å². The number of hydrogen-bond donors (Lipinski definition) is 0. The Morgan fingerprint density at radius 3 is 2.35 bits per heavy atom. The molecule has 3 heteroatoms. The van der Waals surface area contributed by atoms with Gasteiger partial charge in [-0.1, -0.05) is 60.1 Å². The van der Waals surface area contributed by atoms with Gasteiger partial charge in [-0.2, -0.15) is 5.10 Å². The van der Waals surface area contributed by atoms with Crippen molar-refractivity contribution < 1.29 is 0 Å². The number of halogens is 1. The lowest BCUT2D eigenvalue weighted by Crippen LogP contribution is -2.01. The minimum atomic E-state index is 0.483. The Balaban J connectivity index is 2.16. The molecule has 0 saturated carbocycles. The summed E-state index contributed by atoms with van der Waals surface area (Å²) in [7, 11) is 0. The van der Waals surface area contributed by atoms with Crippen molar-refractivity contribution in [2.45, 2.75) is 33.6 Å². The van der Waals surface area contributed by atoms with Crippen molar-refractivity contribution in [3.05, 3.63) is 70.0 Å². The number of nitrogens with zero attached hydrogens (tertiary/aromatic N) is 2. The highest BCUT2D eigenvalue weighted by Crippen LogP contribution is 2.30. The number of aromatic nitrogens is 2. The van der Waals surface area contributed by atoms with Gasteiger partial charge in [0.15, 0.2) is 0 Å². The first kappa shape index (κ1) is 16.0.